The van der Waals surface area contributed by atoms with Gasteiger partial charge in [-0.1, -0.05) is 32.0 Å². The Hall–Kier alpha value is -2.66. The van der Waals surface area contributed by atoms with Crippen molar-refractivity contribution in [1.82, 2.24) is 14.7 Å². The molecule has 0 amide bonds. The van der Waals surface area contributed by atoms with Gasteiger partial charge in [-0.3, -0.25) is 0 Å². The highest BCUT2D eigenvalue weighted by atomic mass is 16.5. The Bertz CT molecular complexity index is 824. The molecule has 1 N–H and O–H groups in total. The molecule has 3 aromatic rings. The van der Waals surface area contributed by atoms with Crippen LogP contribution in [-0.4, -0.2) is 29.5 Å². The fourth-order valence-electron chi connectivity index (χ4n) is 2.53. The van der Waals surface area contributed by atoms with Gasteiger partial charge >= 0.3 is 5.97 Å². The molecule has 0 spiro atoms. The SMILES string of the molecule is CC.CNCc1cccc(-c2cc(C(=O)OC)cn3ccnc23)c1. The molecule has 126 valence electrons. The minimum absolute atomic E-state index is 0.358. The number of hydrogen-bond acceptors (Lipinski definition) is 4. The summed E-state index contributed by atoms with van der Waals surface area (Å²) in [5.74, 6) is -0.358. The van der Waals surface area contributed by atoms with Gasteiger partial charge in [0.05, 0.1) is 12.7 Å². The number of rotatable bonds is 4. The summed E-state index contributed by atoms with van der Waals surface area (Å²) in [5, 5.41) is 3.14. The maximum atomic E-state index is 11.9. The Labute approximate surface area is 142 Å². The zero-order valence-electron chi connectivity index (χ0n) is 14.5. The summed E-state index contributed by atoms with van der Waals surface area (Å²) >= 11 is 0. The number of carbonyl (C=O) groups is 1. The first-order valence-electron chi connectivity index (χ1n) is 8.02. The van der Waals surface area contributed by atoms with E-state index in [-0.39, 0.29) is 5.97 Å². The molecule has 2 aromatic heterocycles. The topological polar surface area (TPSA) is 55.6 Å². The maximum Gasteiger partial charge on any atom is 0.339 e. The Kier molecular flexibility index (Phi) is 6.09. The highest BCUT2D eigenvalue weighted by Gasteiger charge is 2.13. The summed E-state index contributed by atoms with van der Waals surface area (Å²) in [6.07, 6.45) is 5.27. The van der Waals surface area contributed by atoms with Crippen molar-refractivity contribution in [2.24, 2.45) is 0 Å². The van der Waals surface area contributed by atoms with Crippen molar-refractivity contribution in [2.45, 2.75) is 20.4 Å². The molecule has 0 saturated carbocycles. The molecule has 3 rings (SSSR count). The molecule has 2 heterocycles. The normalized spacial score (nSPS) is 10.2. The first kappa shape index (κ1) is 17.7. The quantitative estimate of drug-likeness (QED) is 0.746. The van der Waals surface area contributed by atoms with Gasteiger partial charge in [0.15, 0.2) is 0 Å². The van der Waals surface area contributed by atoms with Crippen molar-refractivity contribution in [3.05, 3.63) is 60.0 Å². The van der Waals surface area contributed by atoms with E-state index in [4.69, 9.17) is 4.74 Å². The first-order chi connectivity index (χ1) is 11.7. The van der Waals surface area contributed by atoms with Crippen molar-refractivity contribution in [1.29, 1.82) is 0 Å². The van der Waals surface area contributed by atoms with E-state index in [2.05, 4.69) is 22.4 Å². The van der Waals surface area contributed by atoms with Gasteiger partial charge in [-0.05, 0) is 30.3 Å². The van der Waals surface area contributed by atoms with Crippen LogP contribution in [0.4, 0.5) is 0 Å². The number of ether oxygens (including phenoxy) is 1. The van der Waals surface area contributed by atoms with Crippen molar-refractivity contribution in [3.8, 4) is 11.1 Å². The average molecular weight is 325 g/mol. The Morgan fingerprint density at radius 3 is 2.79 bits per heavy atom. The molecule has 5 nitrogen and oxygen atoms in total. The fourth-order valence-corrected chi connectivity index (χ4v) is 2.53. The lowest BCUT2D eigenvalue weighted by atomic mass is 10.0. The van der Waals surface area contributed by atoms with Gasteiger partial charge in [-0.15, -0.1) is 0 Å². The second-order valence-corrected chi connectivity index (χ2v) is 5.02. The van der Waals surface area contributed by atoms with Crippen LogP contribution in [0.3, 0.4) is 0 Å². The largest absolute Gasteiger partial charge is 0.465 e. The number of hydrogen-bond donors (Lipinski definition) is 1. The highest BCUT2D eigenvalue weighted by Crippen LogP contribution is 2.26. The molecule has 0 fully saturated rings. The van der Waals surface area contributed by atoms with Crippen molar-refractivity contribution in [2.75, 3.05) is 14.2 Å². The number of aromatic nitrogens is 2. The summed E-state index contributed by atoms with van der Waals surface area (Å²) in [6, 6.07) is 10.0. The van der Waals surface area contributed by atoms with Crippen LogP contribution in [0.2, 0.25) is 0 Å². The average Bonchev–Trinajstić information content (AvgIpc) is 3.11. The van der Waals surface area contributed by atoms with Crippen molar-refractivity contribution < 1.29 is 9.53 Å². The lowest BCUT2D eigenvalue weighted by molar-refractivity contribution is 0.0600. The molecule has 0 radical (unpaired) electrons. The first-order valence-corrected chi connectivity index (χ1v) is 8.02. The number of benzene rings is 1. The third kappa shape index (κ3) is 3.63. The van der Waals surface area contributed by atoms with E-state index in [1.165, 1.54) is 12.7 Å². The maximum absolute atomic E-state index is 11.9. The number of nitrogens with zero attached hydrogens (tertiary/aromatic N) is 2. The predicted octanol–water partition coefficient (Wildman–Crippen LogP) is 3.53. The highest BCUT2D eigenvalue weighted by molar-refractivity contribution is 5.92. The number of esters is 1. The second-order valence-electron chi connectivity index (χ2n) is 5.02. The van der Waals surface area contributed by atoms with Gasteiger partial charge in [-0.25, -0.2) is 9.78 Å². The smallest absolute Gasteiger partial charge is 0.339 e. The van der Waals surface area contributed by atoms with Crippen LogP contribution < -0.4 is 5.32 Å². The van der Waals surface area contributed by atoms with E-state index < -0.39 is 0 Å². The second kappa shape index (κ2) is 8.26. The molecular weight excluding hydrogens is 302 g/mol. The summed E-state index contributed by atoms with van der Waals surface area (Å²) < 4.78 is 6.67. The number of methoxy groups -OCH3 is 1. The number of imidazole rings is 1. The van der Waals surface area contributed by atoms with Gasteiger partial charge in [0.1, 0.15) is 5.65 Å². The Morgan fingerprint density at radius 2 is 2.08 bits per heavy atom. The molecule has 0 saturated heterocycles. The molecular formula is C19H23N3O2. The van der Waals surface area contributed by atoms with E-state index in [9.17, 15) is 4.79 Å². The molecule has 0 aliphatic rings. The standard InChI is InChI=1S/C17H17N3O2.C2H6/c1-18-10-12-4-3-5-13(8-12)15-9-14(17(21)22-2)11-20-7-6-19-16(15)20;1-2/h3-9,11,18H,10H2,1-2H3;1-2H3. The molecule has 0 unspecified atom stereocenters. The Balaban J connectivity index is 0.00000100. The van der Waals surface area contributed by atoms with Crippen LogP contribution in [0.25, 0.3) is 16.8 Å². The molecule has 0 bridgehead atoms. The summed E-state index contributed by atoms with van der Waals surface area (Å²) in [5.41, 5.74) is 4.42. The monoisotopic (exact) mass is 325 g/mol. The number of carbonyl (C=O) groups excluding carboxylic acids is 1. The molecule has 0 aliphatic carbocycles. The van der Waals surface area contributed by atoms with Crippen LogP contribution in [0.15, 0.2) is 48.9 Å². The third-order valence-electron chi connectivity index (χ3n) is 3.53. The van der Waals surface area contributed by atoms with Crippen LogP contribution >= 0.6 is 0 Å². The Morgan fingerprint density at radius 1 is 1.29 bits per heavy atom. The van der Waals surface area contributed by atoms with Gasteiger partial charge < -0.3 is 14.5 Å². The van der Waals surface area contributed by atoms with Crippen LogP contribution in [0, 0.1) is 0 Å². The van der Waals surface area contributed by atoms with Crippen molar-refractivity contribution >= 4 is 11.6 Å². The zero-order valence-corrected chi connectivity index (χ0v) is 14.5. The van der Waals surface area contributed by atoms with Crippen LogP contribution in [0.1, 0.15) is 29.8 Å². The summed E-state index contributed by atoms with van der Waals surface area (Å²) in [7, 11) is 3.30. The van der Waals surface area contributed by atoms with Crippen LogP contribution in [0.5, 0.6) is 0 Å². The molecule has 5 heteroatoms. The zero-order chi connectivity index (χ0) is 17.5. The number of fused-ring (bicyclic) bond motifs is 1. The van der Waals surface area contributed by atoms with Gasteiger partial charge in [0.2, 0.25) is 0 Å². The number of nitrogens with one attached hydrogen (secondary N) is 1. The van der Waals surface area contributed by atoms with Crippen molar-refractivity contribution in [3.63, 3.8) is 0 Å². The molecule has 0 aliphatic heterocycles. The fraction of sp³-hybridized carbons (Fsp3) is 0.263. The number of pyridine rings is 1. The summed E-state index contributed by atoms with van der Waals surface area (Å²) in [4.78, 5) is 16.3. The summed E-state index contributed by atoms with van der Waals surface area (Å²) in [6.45, 7) is 4.79. The van der Waals surface area contributed by atoms with E-state index in [0.29, 0.717) is 5.56 Å². The van der Waals surface area contributed by atoms with Gasteiger partial charge in [0.25, 0.3) is 0 Å². The van der Waals surface area contributed by atoms with E-state index in [0.717, 1.165) is 23.3 Å². The van der Waals surface area contributed by atoms with Gasteiger partial charge in [-0.2, -0.15) is 0 Å². The minimum Gasteiger partial charge on any atom is -0.465 e. The molecule has 0 atom stereocenters. The van der Waals surface area contributed by atoms with E-state index >= 15 is 0 Å². The van der Waals surface area contributed by atoms with E-state index in [1.807, 2.05) is 49.7 Å². The predicted molar refractivity (Wildman–Crippen MR) is 96.1 cm³/mol. The lowest BCUT2D eigenvalue weighted by Gasteiger charge is -2.09. The van der Waals surface area contributed by atoms with E-state index in [1.54, 1.807) is 12.4 Å². The van der Waals surface area contributed by atoms with Crippen LogP contribution in [-0.2, 0) is 11.3 Å². The van der Waals surface area contributed by atoms with Gasteiger partial charge in [0, 0.05) is 30.7 Å². The third-order valence-corrected chi connectivity index (χ3v) is 3.53. The lowest BCUT2D eigenvalue weighted by Crippen LogP contribution is -2.05. The molecule has 24 heavy (non-hydrogen) atoms. The molecule has 1 aromatic carbocycles. The minimum atomic E-state index is -0.358.